The van der Waals surface area contributed by atoms with Crippen molar-refractivity contribution < 1.29 is 14.7 Å². The van der Waals surface area contributed by atoms with Crippen molar-refractivity contribution in [2.75, 3.05) is 0 Å². The number of nitrogens with one attached hydrogen (secondary N) is 2. The molecule has 1 aliphatic rings. The number of aliphatic hydroxyl groups excluding tert-OH is 1. The van der Waals surface area contributed by atoms with Crippen LogP contribution in [0.1, 0.15) is 24.5 Å². The highest BCUT2D eigenvalue weighted by molar-refractivity contribution is 5.88. The van der Waals surface area contributed by atoms with Crippen molar-refractivity contribution in [3.63, 3.8) is 0 Å². The molecule has 2 amide bonds. The van der Waals surface area contributed by atoms with Gasteiger partial charge in [-0.15, -0.1) is 0 Å². The monoisotopic (exact) mass is 301 g/mol. The third-order valence-corrected chi connectivity index (χ3v) is 3.39. The molecule has 0 spiro atoms. The van der Waals surface area contributed by atoms with Gasteiger partial charge in [-0.05, 0) is 24.0 Å². The van der Waals surface area contributed by atoms with Gasteiger partial charge in [0, 0.05) is 0 Å². The first-order valence-electron chi connectivity index (χ1n) is 7.02. The maximum absolute atomic E-state index is 11.9. The van der Waals surface area contributed by atoms with Gasteiger partial charge in [0.15, 0.2) is 6.10 Å². The highest BCUT2D eigenvalue weighted by atomic mass is 16.3. The summed E-state index contributed by atoms with van der Waals surface area (Å²) in [5, 5.41) is 9.87. The smallest absolute Gasteiger partial charge is 0.271 e. The average Bonchev–Trinajstić information content (AvgIpc) is 2.59. The number of carbonyl (C=O) groups is 2. The van der Waals surface area contributed by atoms with Crippen LogP contribution < -0.4 is 16.6 Å². The predicted molar refractivity (Wildman–Crippen MR) is 82.1 cm³/mol. The summed E-state index contributed by atoms with van der Waals surface area (Å²) in [5.74, 6) is -1.24. The summed E-state index contributed by atoms with van der Waals surface area (Å²) in [7, 11) is 0. The third-order valence-electron chi connectivity index (χ3n) is 3.39. The number of hydrazine groups is 1. The minimum atomic E-state index is -1.35. The van der Waals surface area contributed by atoms with Crippen LogP contribution in [0.5, 0.6) is 0 Å². The van der Waals surface area contributed by atoms with E-state index in [2.05, 4.69) is 10.9 Å². The van der Waals surface area contributed by atoms with Crippen molar-refractivity contribution in [1.29, 1.82) is 0 Å². The zero-order chi connectivity index (χ0) is 15.9. The quantitative estimate of drug-likeness (QED) is 0.479. The van der Waals surface area contributed by atoms with Gasteiger partial charge in [-0.3, -0.25) is 20.4 Å². The van der Waals surface area contributed by atoms with Crippen molar-refractivity contribution in [1.82, 2.24) is 10.9 Å². The molecule has 0 aliphatic heterocycles. The van der Waals surface area contributed by atoms with Crippen LogP contribution in [0, 0.1) is 0 Å². The third kappa shape index (κ3) is 4.03. The van der Waals surface area contributed by atoms with Gasteiger partial charge in [0.2, 0.25) is 0 Å². The van der Waals surface area contributed by atoms with Gasteiger partial charge in [-0.2, -0.15) is 0 Å². The molecule has 2 atom stereocenters. The van der Waals surface area contributed by atoms with Gasteiger partial charge in [-0.1, -0.05) is 48.6 Å². The molecule has 2 rings (SSSR count). The molecular formula is C16H19N3O3. The van der Waals surface area contributed by atoms with E-state index in [0.717, 1.165) is 12.0 Å². The lowest BCUT2D eigenvalue weighted by atomic mass is 9.99. The first-order chi connectivity index (χ1) is 10.6. The van der Waals surface area contributed by atoms with E-state index in [1.165, 1.54) is 0 Å². The summed E-state index contributed by atoms with van der Waals surface area (Å²) < 4.78 is 0. The fourth-order valence-corrected chi connectivity index (χ4v) is 2.10. The molecule has 0 radical (unpaired) electrons. The predicted octanol–water partition coefficient (Wildman–Crippen LogP) is 0.471. The lowest BCUT2D eigenvalue weighted by Crippen LogP contribution is -2.51. The number of aliphatic hydroxyl groups is 1. The highest BCUT2D eigenvalue weighted by Crippen LogP contribution is 2.14. The van der Waals surface area contributed by atoms with E-state index in [1.54, 1.807) is 30.3 Å². The summed E-state index contributed by atoms with van der Waals surface area (Å²) in [5.41, 5.74) is 11.5. The average molecular weight is 301 g/mol. The van der Waals surface area contributed by atoms with Crippen molar-refractivity contribution in [3.8, 4) is 0 Å². The molecule has 2 unspecified atom stereocenters. The van der Waals surface area contributed by atoms with Crippen molar-refractivity contribution >= 4 is 11.8 Å². The lowest BCUT2D eigenvalue weighted by Gasteiger charge is -2.18. The minimum Gasteiger partial charge on any atom is -0.378 e. The summed E-state index contributed by atoms with van der Waals surface area (Å²) in [4.78, 5) is 23.7. The first kappa shape index (κ1) is 15.9. The number of nitrogens with two attached hydrogens (primary N) is 1. The number of allylic oxidation sites excluding steroid dienone is 3. The molecule has 0 saturated carbocycles. The Morgan fingerprint density at radius 3 is 2.41 bits per heavy atom. The second-order valence-corrected chi connectivity index (χ2v) is 4.96. The summed E-state index contributed by atoms with van der Waals surface area (Å²) in [6, 6.07) is 7.63. The Kier molecular flexibility index (Phi) is 5.46. The van der Waals surface area contributed by atoms with E-state index in [0.29, 0.717) is 12.0 Å². The van der Waals surface area contributed by atoms with Crippen molar-refractivity contribution in [3.05, 3.63) is 59.7 Å². The second kappa shape index (κ2) is 7.53. The van der Waals surface area contributed by atoms with E-state index in [-0.39, 0.29) is 0 Å². The largest absolute Gasteiger partial charge is 0.378 e. The zero-order valence-corrected chi connectivity index (χ0v) is 12.0. The SMILES string of the molecule is NC(C(=O)NNC(=O)C(O)c1ccccc1)C1=CCC=CC1. The molecule has 0 saturated heterocycles. The lowest BCUT2D eigenvalue weighted by molar-refractivity contribution is -0.134. The Morgan fingerprint density at radius 1 is 1.09 bits per heavy atom. The van der Waals surface area contributed by atoms with Crippen LogP contribution in [0.4, 0.5) is 0 Å². The van der Waals surface area contributed by atoms with Gasteiger partial charge >= 0.3 is 0 Å². The van der Waals surface area contributed by atoms with Crippen molar-refractivity contribution in [2.45, 2.75) is 25.0 Å². The summed E-state index contributed by atoms with van der Waals surface area (Å²) in [6.07, 6.45) is 5.84. The van der Waals surface area contributed by atoms with Crippen LogP contribution in [-0.4, -0.2) is 23.0 Å². The zero-order valence-electron chi connectivity index (χ0n) is 12.0. The fraction of sp³-hybridized carbons (Fsp3) is 0.250. The maximum Gasteiger partial charge on any atom is 0.271 e. The molecule has 6 heteroatoms. The van der Waals surface area contributed by atoms with Gasteiger partial charge < -0.3 is 10.8 Å². The number of hydrogen-bond acceptors (Lipinski definition) is 4. The molecule has 1 aliphatic carbocycles. The first-order valence-corrected chi connectivity index (χ1v) is 7.02. The topological polar surface area (TPSA) is 104 Å². The number of carbonyl (C=O) groups excluding carboxylic acids is 2. The number of amides is 2. The highest BCUT2D eigenvalue weighted by Gasteiger charge is 2.21. The van der Waals surface area contributed by atoms with E-state index in [1.807, 2.05) is 18.2 Å². The van der Waals surface area contributed by atoms with Gasteiger partial charge in [0.1, 0.15) is 6.04 Å². The van der Waals surface area contributed by atoms with Gasteiger partial charge in [0.25, 0.3) is 11.8 Å². The van der Waals surface area contributed by atoms with E-state index >= 15 is 0 Å². The Morgan fingerprint density at radius 2 is 1.77 bits per heavy atom. The molecule has 6 nitrogen and oxygen atoms in total. The molecule has 0 bridgehead atoms. The molecular weight excluding hydrogens is 282 g/mol. The van der Waals surface area contributed by atoms with E-state index < -0.39 is 24.0 Å². The van der Waals surface area contributed by atoms with Gasteiger partial charge in [-0.25, -0.2) is 0 Å². The second-order valence-electron chi connectivity index (χ2n) is 4.96. The molecule has 5 N–H and O–H groups in total. The van der Waals surface area contributed by atoms with Crippen LogP contribution in [0.3, 0.4) is 0 Å². The molecule has 1 aromatic carbocycles. The van der Waals surface area contributed by atoms with Gasteiger partial charge in [0.05, 0.1) is 0 Å². The van der Waals surface area contributed by atoms with E-state index in [9.17, 15) is 14.7 Å². The Labute approximate surface area is 128 Å². The normalized spacial score (nSPS) is 16.4. The Hall–Kier alpha value is -2.44. The number of hydrogen-bond donors (Lipinski definition) is 4. The van der Waals surface area contributed by atoms with Crippen molar-refractivity contribution in [2.24, 2.45) is 5.73 Å². The summed E-state index contributed by atoms with van der Waals surface area (Å²) >= 11 is 0. The molecule has 1 aromatic rings. The standard InChI is InChI=1S/C16H19N3O3/c17-13(11-7-3-1-4-8-11)15(21)18-19-16(22)14(20)12-9-5-2-6-10-12/h1-3,5-6,8-10,13-14,20H,4,7,17H2,(H,18,21)(H,19,22). The van der Waals surface area contributed by atoms with Crippen LogP contribution in [0.15, 0.2) is 54.1 Å². The fourth-order valence-electron chi connectivity index (χ4n) is 2.10. The van der Waals surface area contributed by atoms with Crippen LogP contribution in [-0.2, 0) is 9.59 Å². The minimum absolute atomic E-state index is 0.443. The number of benzene rings is 1. The molecule has 116 valence electrons. The molecule has 0 aromatic heterocycles. The molecule has 0 heterocycles. The van der Waals surface area contributed by atoms with Crippen LogP contribution in [0.2, 0.25) is 0 Å². The van der Waals surface area contributed by atoms with Crippen LogP contribution in [0.25, 0.3) is 0 Å². The molecule has 0 fully saturated rings. The van der Waals surface area contributed by atoms with E-state index in [4.69, 9.17) is 5.73 Å². The summed E-state index contributed by atoms with van der Waals surface area (Å²) in [6.45, 7) is 0. The van der Waals surface area contributed by atoms with Crippen LogP contribution >= 0.6 is 0 Å². The molecule has 22 heavy (non-hydrogen) atoms. The number of rotatable bonds is 4. The Balaban J connectivity index is 1.85. The Bertz CT molecular complexity index is 596. The maximum atomic E-state index is 11.9.